The second kappa shape index (κ2) is 14.2. The van der Waals surface area contributed by atoms with Crippen molar-refractivity contribution in [3.63, 3.8) is 0 Å². The molecule has 0 aliphatic carbocycles. The summed E-state index contributed by atoms with van der Waals surface area (Å²) in [6.07, 6.45) is 4.24. The van der Waals surface area contributed by atoms with Gasteiger partial charge in [0, 0.05) is 27.1 Å². The summed E-state index contributed by atoms with van der Waals surface area (Å²) in [6, 6.07) is 51.3. The Balaban J connectivity index is 1.36. The number of hydrogen-bond donors (Lipinski definition) is 0. The molecule has 0 radical (unpaired) electrons. The molecular formula is C54H44N4O2. The van der Waals surface area contributed by atoms with Gasteiger partial charge in [-0.3, -0.25) is 9.59 Å². The molecule has 0 unspecified atom stereocenters. The van der Waals surface area contributed by atoms with E-state index in [9.17, 15) is 14.9 Å². The summed E-state index contributed by atoms with van der Waals surface area (Å²) in [5.41, 5.74) is 10.5. The molecule has 1 aliphatic rings. The zero-order chi connectivity index (χ0) is 41.3. The van der Waals surface area contributed by atoms with Crippen molar-refractivity contribution in [3.8, 4) is 28.6 Å². The number of amides is 2. The maximum Gasteiger partial charge on any atom is 0.266 e. The van der Waals surface area contributed by atoms with Gasteiger partial charge in [-0.2, -0.15) is 5.26 Å². The third kappa shape index (κ3) is 5.53. The molecule has 0 spiro atoms. The summed E-state index contributed by atoms with van der Waals surface area (Å²) in [5.74, 6) is -0.753. The monoisotopic (exact) mass is 780 g/mol. The second-order valence-electron chi connectivity index (χ2n) is 16.9. The number of carbonyl (C=O) groups excluding carboxylic acids is 2. The van der Waals surface area contributed by atoms with E-state index >= 15 is 0 Å². The minimum atomic E-state index is -0.387. The molecule has 292 valence electrons. The van der Waals surface area contributed by atoms with Crippen molar-refractivity contribution in [3.05, 3.63) is 173 Å². The highest BCUT2D eigenvalue weighted by Gasteiger charge is 2.39. The number of carbonyl (C=O) groups is 2. The molecule has 1 aliphatic heterocycles. The summed E-state index contributed by atoms with van der Waals surface area (Å²) in [5, 5.41) is 16.2. The van der Waals surface area contributed by atoms with E-state index in [0.717, 1.165) is 80.5 Å². The Morgan fingerprint density at radius 1 is 0.567 bits per heavy atom. The highest BCUT2D eigenvalue weighted by Crippen LogP contribution is 2.46. The summed E-state index contributed by atoms with van der Waals surface area (Å²) >= 11 is 0. The molecule has 9 aromatic rings. The van der Waals surface area contributed by atoms with Crippen LogP contribution in [0.2, 0.25) is 0 Å². The number of benzene rings is 7. The van der Waals surface area contributed by atoms with Crippen molar-refractivity contribution in [1.29, 1.82) is 5.26 Å². The average molecular weight is 781 g/mol. The van der Waals surface area contributed by atoms with Crippen LogP contribution in [0, 0.1) is 11.3 Å². The maximum absolute atomic E-state index is 14.7. The Morgan fingerprint density at radius 3 is 1.88 bits per heavy atom. The van der Waals surface area contributed by atoms with Crippen LogP contribution in [-0.4, -0.2) is 20.9 Å². The number of rotatable bonds is 8. The van der Waals surface area contributed by atoms with E-state index in [-0.39, 0.29) is 17.2 Å². The van der Waals surface area contributed by atoms with Crippen LogP contribution in [0.15, 0.2) is 146 Å². The third-order valence-corrected chi connectivity index (χ3v) is 12.3. The van der Waals surface area contributed by atoms with Crippen LogP contribution in [0.3, 0.4) is 0 Å². The number of anilines is 1. The molecule has 7 aromatic carbocycles. The average Bonchev–Trinajstić information content (AvgIpc) is 3.88. The molecule has 6 nitrogen and oxygen atoms in total. The fraction of sp³-hybridized carbons (Fsp3) is 0.167. The lowest BCUT2D eigenvalue weighted by Crippen LogP contribution is -2.29. The van der Waals surface area contributed by atoms with Crippen molar-refractivity contribution in [2.45, 2.75) is 58.8 Å². The van der Waals surface area contributed by atoms with E-state index in [2.05, 4.69) is 128 Å². The number of imide groups is 1. The number of hydrogen-bond acceptors (Lipinski definition) is 3. The van der Waals surface area contributed by atoms with Gasteiger partial charge >= 0.3 is 0 Å². The number of nitrogens with zero attached hydrogens (tertiary/aromatic N) is 4. The number of nitriles is 1. The molecule has 10 rings (SSSR count). The van der Waals surface area contributed by atoms with Crippen molar-refractivity contribution in [2.75, 3.05) is 4.90 Å². The summed E-state index contributed by atoms with van der Waals surface area (Å²) < 4.78 is 4.55. The minimum absolute atomic E-state index is 0.261. The Kier molecular flexibility index (Phi) is 8.80. The molecule has 0 atom stereocenters. The predicted octanol–water partition coefficient (Wildman–Crippen LogP) is 13.3. The van der Waals surface area contributed by atoms with Gasteiger partial charge in [0.05, 0.1) is 50.3 Å². The fourth-order valence-electron chi connectivity index (χ4n) is 9.61. The lowest BCUT2D eigenvalue weighted by Gasteiger charge is -2.25. The van der Waals surface area contributed by atoms with E-state index < -0.39 is 0 Å². The van der Waals surface area contributed by atoms with Crippen molar-refractivity contribution in [1.82, 2.24) is 9.13 Å². The smallest absolute Gasteiger partial charge is 0.266 e. The highest BCUT2D eigenvalue weighted by atomic mass is 16.2. The Hall–Kier alpha value is -7.23. The first-order chi connectivity index (χ1) is 29.2. The van der Waals surface area contributed by atoms with Crippen LogP contribution >= 0.6 is 0 Å². The Labute approximate surface area is 349 Å². The van der Waals surface area contributed by atoms with Gasteiger partial charge in [-0.25, -0.2) is 4.90 Å². The van der Waals surface area contributed by atoms with Crippen LogP contribution in [0.5, 0.6) is 0 Å². The van der Waals surface area contributed by atoms with Crippen LogP contribution in [0.1, 0.15) is 84.4 Å². The van der Waals surface area contributed by atoms with Gasteiger partial charge in [-0.15, -0.1) is 0 Å². The molecule has 0 bridgehead atoms. The first kappa shape index (κ1) is 37.1. The standard InChI is InChI=1S/C54H44N4O2/c1-5-6-8-18-34-19-15-25-39-36-22-11-13-29-45(36)57(49(34)39)47-32-31-41(38-24-16-27-42-48(38)53(60)56(52(42)59)35-20-9-7-10-21-35)50(43(47)33-55)58-46-30-14-12-23-37(46)40-26-17-28-44(51(40)58)54(2,3)4/h7,9-17,19-32H,5-6,8,18H2,1-4H3. The van der Waals surface area contributed by atoms with Crippen molar-refractivity contribution >= 4 is 61.1 Å². The molecule has 0 saturated carbocycles. The van der Waals surface area contributed by atoms with Crippen LogP contribution in [-0.2, 0) is 11.8 Å². The van der Waals surface area contributed by atoms with E-state index in [1.165, 1.54) is 10.5 Å². The maximum atomic E-state index is 14.7. The number of aromatic nitrogens is 2. The number of unbranched alkanes of at least 4 members (excludes halogenated alkanes) is 2. The molecule has 0 fully saturated rings. The van der Waals surface area contributed by atoms with E-state index in [1.54, 1.807) is 18.2 Å². The third-order valence-electron chi connectivity index (χ3n) is 12.3. The first-order valence-corrected chi connectivity index (χ1v) is 20.9. The van der Waals surface area contributed by atoms with Crippen LogP contribution in [0.25, 0.3) is 66.1 Å². The number of fused-ring (bicyclic) bond motifs is 7. The largest absolute Gasteiger partial charge is 0.308 e. The first-order valence-electron chi connectivity index (χ1n) is 20.9. The van der Waals surface area contributed by atoms with E-state index in [4.69, 9.17) is 0 Å². The van der Waals surface area contributed by atoms with Gasteiger partial charge in [-0.1, -0.05) is 150 Å². The Bertz CT molecular complexity index is 3260. The van der Waals surface area contributed by atoms with Gasteiger partial charge in [0.15, 0.2) is 0 Å². The summed E-state index contributed by atoms with van der Waals surface area (Å²) in [4.78, 5) is 30.1. The van der Waals surface area contributed by atoms with Crippen molar-refractivity contribution in [2.24, 2.45) is 0 Å². The minimum Gasteiger partial charge on any atom is -0.308 e. The van der Waals surface area contributed by atoms with Crippen LogP contribution < -0.4 is 4.90 Å². The normalized spacial score (nSPS) is 12.9. The summed E-state index contributed by atoms with van der Waals surface area (Å²) in [7, 11) is 0. The topological polar surface area (TPSA) is 71.0 Å². The molecule has 2 amide bonds. The molecule has 2 aromatic heterocycles. The van der Waals surface area contributed by atoms with Gasteiger partial charge < -0.3 is 9.13 Å². The lowest BCUT2D eigenvalue weighted by molar-refractivity contribution is 0.0926. The number of para-hydroxylation sites is 5. The molecule has 60 heavy (non-hydrogen) atoms. The SMILES string of the molecule is CCCCCc1cccc2c3ccccc3n(-c3ccc(-c4cccc5c4C(=O)N(c4ccccc4)C5=O)c(-n4c5ccccc5c5cccc(C(C)(C)C)c54)c3C#N)c12. The zero-order valence-corrected chi connectivity index (χ0v) is 34.3. The highest BCUT2D eigenvalue weighted by molar-refractivity contribution is 6.36. The zero-order valence-electron chi connectivity index (χ0n) is 34.3. The van der Waals surface area contributed by atoms with Gasteiger partial charge in [0.25, 0.3) is 11.8 Å². The van der Waals surface area contributed by atoms with E-state index in [0.29, 0.717) is 39.2 Å². The van der Waals surface area contributed by atoms with Gasteiger partial charge in [0.2, 0.25) is 0 Å². The van der Waals surface area contributed by atoms with Gasteiger partial charge in [-0.05, 0) is 71.3 Å². The summed E-state index contributed by atoms with van der Waals surface area (Å²) in [6.45, 7) is 8.88. The molecule has 0 saturated heterocycles. The molecular weight excluding hydrogens is 737 g/mol. The molecule has 6 heteroatoms. The molecule has 3 heterocycles. The van der Waals surface area contributed by atoms with Crippen LogP contribution in [0.4, 0.5) is 5.69 Å². The predicted molar refractivity (Wildman–Crippen MR) is 245 cm³/mol. The molecule has 0 N–H and O–H groups in total. The quantitative estimate of drug-likeness (QED) is 0.114. The fourth-order valence-corrected chi connectivity index (χ4v) is 9.61. The lowest BCUT2D eigenvalue weighted by atomic mass is 9.85. The second-order valence-corrected chi connectivity index (χ2v) is 16.9. The Morgan fingerprint density at radius 2 is 1.18 bits per heavy atom. The van der Waals surface area contributed by atoms with Crippen molar-refractivity contribution < 1.29 is 9.59 Å². The van der Waals surface area contributed by atoms with E-state index in [1.807, 2.05) is 42.5 Å². The number of aryl methyl sites for hydroxylation is 1. The van der Waals surface area contributed by atoms with Gasteiger partial charge in [0.1, 0.15) is 11.6 Å².